The molecule has 3 rings (SSSR count). The van der Waals surface area contributed by atoms with Gasteiger partial charge in [0.25, 0.3) is 0 Å². The van der Waals surface area contributed by atoms with Gasteiger partial charge in [0.2, 0.25) is 0 Å². The first-order chi connectivity index (χ1) is 11.9. The fraction of sp³-hybridized carbons (Fsp3) is 0.217. The van der Waals surface area contributed by atoms with Crippen molar-refractivity contribution < 1.29 is 0 Å². The molecule has 24 heavy (non-hydrogen) atoms. The number of pyridine rings is 1. The van der Waals surface area contributed by atoms with Gasteiger partial charge in [0.1, 0.15) is 0 Å². The fourth-order valence-corrected chi connectivity index (χ4v) is 3.14. The van der Waals surface area contributed by atoms with Crippen molar-refractivity contribution in [2.24, 2.45) is 0 Å². The molecule has 0 saturated heterocycles. The SMILES string of the molecule is [CH](CCc1ccccc1)CCC(c1ccccc1)c1cccnc1. The van der Waals surface area contributed by atoms with Gasteiger partial charge in [0, 0.05) is 18.3 Å². The number of unbranched alkanes of at least 4 members (excludes halogenated alkanes) is 2. The van der Waals surface area contributed by atoms with Crippen molar-refractivity contribution in [1.29, 1.82) is 0 Å². The van der Waals surface area contributed by atoms with Gasteiger partial charge < -0.3 is 0 Å². The lowest BCUT2D eigenvalue weighted by atomic mass is 9.87. The zero-order valence-corrected chi connectivity index (χ0v) is 14.0. The summed E-state index contributed by atoms with van der Waals surface area (Å²) in [6.07, 6.45) is 10.8. The number of aromatic nitrogens is 1. The number of hydrogen-bond donors (Lipinski definition) is 0. The largest absolute Gasteiger partial charge is 0.264 e. The summed E-state index contributed by atoms with van der Waals surface area (Å²) in [4.78, 5) is 4.30. The molecule has 0 aliphatic heterocycles. The van der Waals surface area contributed by atoms with Crippen molar-refractivity contribution >= 4 is 0 Å². The summed E-state index contributed by atoms with van der Waals surface area (Å²) in [6.45, 7) is 0. The summed E-state index contributed by atoms with van der Waals surface area (Å²) in [5.41, 5.74) is 4.10. The average Bonchev–Trinajstić information content (AvgIpc) is 2.67. The minimum absolute atomic E-state index is 0.424. The first-order valence-electron chi connectivity index (χ1n) is 8.74. The van der Waals surface area contributed by atoms with E-state index in [-0.39, 0.29) is 0 Å². The molecule has 0 aliphatic rings. The maximum absolute atomic E-state index is 4.30. The second-order valence-corrected chi connectivity index (χ2v) is 6.14. The highest BCUT2D eigenvalue weighted by atomic mass is 14.6. The van der Waals surface area contributed by atoms with Crippen LogP contribution >= 0.6 is 0 Å². The third kappa shape index (κ3) is 4.79. The van der Waals surface area contributed by atoms with E-state index < -0.39 is 0 Å². The quantitative estimate of drug-likeness (QED) is 0.477. The average molecular weight is 314 g/mol. The molecular weight excluding hydrogens is 290 g/mol. The van der Waals surface area contributed by atoms with Gasteiger partial charge >= 0.3 is 0 Å². The molecular formula is C23H24N. The van der Waals surface area contributed by atoms with E-state index in [1.807, 2.05) is 18.5 Å². The normalized spacial score (nSPS) is 12.0. The van der Waals surface area contributed by atoms with Crippen molar-refractivity contribution in [3.63, 3.8) is 0 Å². The van der Waals surface area contributed by atoms with Gasteiger partial charge in [0.15, 0.2) is 0 Å². The molecule has 1 aromatic heterocycles. The molecule has 1 atom stereocenters. The Balaban J connectivity index is 1.55. The van der Waals surface area contributed by atoms with Crippen LogP contribution < -0.4 is 0 Å². The molecule has 0 amide bonds. The van der Waals surface area contributed by atoms with Gasteiger partial charge in [0.05, 0.1) is 0 Å². The topological polar surface area (TPSA) is 12.9 Å². The molecule has 1 heteroatoms. The van der Waals surface area contributed by atoms with Gasteiger partial charge in [-0.3, -0.25) is 4.98 Å². The van der Waals surface area contributed by atoms with Gasteiger partial charge in [-0.15, -0.1) is 0 Å². The van der Waals surface area contributed by atoms with Gasteiger partial charge in [-0.1, -0.05) is 66.7 Å². The molecule has 0 N–H and O–H groups in total. The molecule has 1 heterocycles. The van der Waals surface area contributed by atoms with Crippen LogP contribution in [0.5, 0.6) is 0 Å². The first kappa shape index (κ1) is 16.4. The molecule has 121 valence electrons. The van der Waals surface area contributed by atoms with Gasteiger partial charge in [-0.05, 0) is 54.9 Å². The van der Waals surface area contributed by atoms with Gasteiger partial charge in [-0.2, -0.15) is 0 Å². The predicted molar refractivity (Wildman–Crippen MR) is 101 cm³/mol. The Morgan fingerprint density at radius 2 is 1.46 bits per heavy atom. The van der Waals surface area contributed by atoms with Crippen molar-refractivity contribution in [2.75, 3.05) is 0 Å². The number of benzene rings is 2. The third-order valence-corrected chi connectivity index (χ3v) is 4.43. The maximum Gasteiger partial charge on any atom is 0.0306 e. The monoisotopic (exact) mass is 314 g/mol. The van der Waals surface area contributed by atoms with E-state index in [1.54, 1.807) is 0 Å². The lowest BCUT2D eigenvalue weighted by molar-refractivity contribution is 0.684. The maximum atomic E-state index is 4.30. The highest BCUT2D eigenvalue weighted by Gasteiger charge is 2.13. The third-order valence-electron chi connectivity index (χ3n) is 4.43. The van der Waals surface area contributed by atoms with Crippen LogP contribution in [0, 0.1) is 6.42 Å². The van der Waals surface area contributed by atoms with Crippen molar-refractivity contribution in [2.45, 2.75) is 31.6 Å². The Kier molecular flexibility index (Phi) is 6.18. The van der Waals surface area contributed by atoms with E-state index in [1.165, 1.54) is 16.7 Å². The zero-order valence-electron chi connectivity index (χ0n) is 14.0. The standard InChI is InChI=1S/C23H24N/c1-4-11-20(12-5-1)13-6-2-9-17-23(21-14-7-3-8-15-21)22-16-10-18-24-19-22/h1-5,7-8,10-12,14-16,18-19,23H,6,9,13,17H2. The minimum Gasteiger partial charge on any atom is -0.264 e. The Bertz CT molecular complexity index is 652. The molecule has 3 aromatic rings. The zero-order chi connectivity index (χ0) is 16.5. The minimum atomic E-state index is 0.424. The summed E-state index contributed by atoms with van der Waals surface area (Å²) >= 11 is 0. The molecule has 0 spiro atoms. The number of hydrogen-bond acceptors (Lipinski definition) is 1. The van der Waals surface area contributed by atoms with E-state index in [4.69, 9.17) is 0 Å². The molecule has 1 nitrogen and oxygen atoms in total. The Morgan fingerprint density at radius 1 is 0.750 bits per heavy atom. The molecule has 0 fully saturated rings. The van der Waals surface area contributed by atoms with E-state index in [0.717, 1.165) is 25.7 Å². The summed E-state index contributed by atoms with van der Waals surface area (Å²) < 4.78 is 0. The van der Waals surface area contributed by atoms with Crippen LogP contribution in [0.4, 0.5) is 0 Å². The number of nitrogens with zero attached hydrogens (tertiary/aromatic N) is 1. The lowest BCUT2D eigenvalue weighted by Crippen LogP contribution is -2.02. The van der Waals surface area contributed by atoms with Gasteiger partial charge in [-0.25, -0.2) is 0 Å². The Morgan fingerprint density at radius 3 is 2.17 bits per heavy atom. The van der Waals surface area contributed by atoms with Crippen molar-refractivity contribution in [3.05, 3.63) is 108 Å². The molecule has 1 radical (unpaired) electrons. The number of rotatable bonds is 8. The van der Waals surface area contributed by atoms with Crippen LogP contribution in [0.3, 0.4) is 0 Å². The second-order valence-electron chi connectivity index (χ2n) is 6.14. The fourth-order valence-electron chi connectivity index (χ4n) is 3.14. The summed E-state index contributed by atoms with van der Waals surface area (Å²) in [7, 11) is 0. The van der Waals surface area contributed by atoms with Crippen LogP contribution in [-0.2, 0) is 6.42 Å². The van der Waals surface area contributed by atoms with E-state index in [0.29, 0.717) is 5.92 Å². The van der Waals surface area contributed by atoms with Crippen LogP contribution in [0.25, 0.3) is 0 Å². The summed E-state index contributed by atoms with van der Waals surface area (Å²) in [6, 6.07) is 25.7. The predicted octanol–water partition coefficient (Wildman–Crippen LogP) is 5.83. The molecule has 0 saturated carbocycles. The molecule has 0 bridgehead atoms. The second kappa shape index (κ2) is 9.02. The van der Waals surface area contributed by atoms with Crippen LogP contribution in [-0.4, -0.2) is 4.98 Å². The van der Waals surface area contributed by atoms with Crippen molar-refractivity contribution in [1.82, 2.24) is 4.98 Å². The first-order valence-corrected chi connectivity index (χ1v) is 8.74. The highest BCUT2D eigenvalue weighted by molar-refractivity contribution is 5.30. The lowest BCUT2D eigenvalue weighted by Gasteiger charge is -2.17. The summed E-state index contributed by atoms with van der Waals surface area (Å²) in [5, 5.41) is 0. The smallest absolute Gasteiger partial charge is 0.0306 e. The van der Waals surface area contributed by atoms with E-state index in [2.05, 4.69) is 78.1 Å². The summed E-state index contributed by atoms with van der Waals surface area (Å²) in [5.74, 6) is 0.424. The van der Waals surface area contributed by atoms with Crippen LogP contribution in [0.2, 0.25) is 0 Å². The Hall–Kier alpha value is -2.41. The van der Waals surface area contributed by atoms with E-state index in [9.17, 15) is 0 Å². The van der Waals surface area contributed by atoms with E-state index >= 15 is 0 Å². The molecule has 1 unspecified atom stereocenters. The molecule has 2 aromatic carbocycles. The highest BCUT2D eigenvalue weighted by Crippen LogP contribution is 2.29. The Labute approximate surface area is 145 Å². The number of aryl methyl sites for hydroxylation is 1. The van der Waals surface area contributed by atoms with Crippen LogP contribution in [0.1, 0.15) is 41.9 Å². The van der Waals surface area contributed by atoms with Crippen molar-refractivity contribution in [3.8, 4) is 0 Å². The van der Waals surface area contributed by atoms with Crippen LogP contribution in [0.15, 0.2) is 85.2 Å². The molecule has 0 aliphatic carbocycles.